The Bertz CT molecular complexity index is 630. The molecule has 0 bridgehead atoms. The first-order valence-corrected chi connectivity index (χ1v) is 10.1. The van der Waals surface area contributed by atoms with E-state index in [1.165, 1.54) is 25.7 Å². The van der Waals surface area contributed by atoms with E-state index in [1.54, 1.807) is 12.2 Å². The maximum Gasteiger partial charge on any atom is 0.111 e. The minimum atomic E-state index is -1.13. The van der Waals surface area contributed by atoms with E-state index in [9.17, 15) is 10.2 Å². The second-order valence-corrected chi connectivity index (χ2v) is 7.88. The molecule has 3 atom stereocenters. The van der Waals surface area contributed by atoms with Gasteiger partial charge in [0.2, 0.25) is 0 Å². The monoisotopic (exact) mass is 356 g/mol. The van der Waals surface area contributed by atoms with Crippen LogP contribution in [0, 0.1) is 5.92 Å². The van der Waals surface area contributed by atoms with Crippen LogP contribution in [0.1, 0.15) is 62.0 Å². The molecule has 1 aromatic rings. The van der Waals surface area contributed by atoms with E-state index < -0.39 is 11.7 Å². The maximum absolute atomic E-state index is 11.3. The van der Waals surface area contributed by atoms with Crippen molar-refractivity contribution in [1.82, 2.24) is 0 Å². The van der Waals surface area contributed by atoms with E-state index in [2.05, 4.69) is 12.1 Å². The van der Waals surface area contributed by atoms with Crippen molar-refractivity contribution >= 4 is 0 Å². The summed E-state index contributed by atoms with van der Waals surface area (Å²) in [4.78, 5) is 0. The molecule has 1 saturated carbocycles. The predicted molar refractivity (Wildman–Crippen MR) is 105 cm³/mol. The Morgan fingerprint density at radius 1 is 1.12 bits per heavy atom. The molecule has 3 heteroatoms. The van der Waals surface area contributed by atoms with Crippen LogP contribution in [0.5, 0.6) is 0 Å². The standard InChI is InChI=1S/C23H32O3/c24-17-6-5-12-19-11-3-4-13-20(19)22-21(25)14-16-23(22,26)15-7-10-18-8-1-2-9-18/h3-4,7,11,13-16,18,21-22,24-26H,1-2,5-6,8-10,12,17H2/b15-7+/t21-,22+,23-/m1/s1. The smallest absolute Gasteiger partial charge is 0.111 e. The zero-order valence-electron chi connectivity index (χ0n) is 15.6. The van der Waals surface area contributed by atoms with Gasteiger partial charge in [0, 0.05) is 12.5 Å². The molecule has 0 heterocycles. The number of aliphatic hydroxyl groups excluding tert-OH is 2. The van der Waals surface area contributed by atoms with Gasteiger partial charge in [-0.15, -0.1) is 0 Å². The number of hydrogen-bond donors (Lipinski definition) is 3. The molecule has 1 aromatic carbocycles. The van der Waals surface area contributed by atoms with Crippen molar-refractivity contribution in [3.8, 4) is 0 Å². The molecule has 0 saturated heterocycles. The van der Waals surface area contributed by atoms with Gasteiger partial charge in [-0.25, -0.2) is 0 Å². The zero-order valence-corrected chi connectivity index (χ0v) is 15.6. The average molecular weight is 357 g/mol. The summed E-state index contributed by atoms with van der Waals surface area (Å²) < 4.78 is 0. The topological polar surface area (TPSA) is 60.7 Å². The lowest BCUT2D eigenvalue weighted by molar-refractivity contribution is 0.0692. The van der Waals surface area contributed by atoms with Crippen molar-refractivity contribution in [2.24, 2.45) is 5.92 Å². The molecule has 142 valence electrons. The van der Waals surface area contributed by atoms with E-state index >= 15 is 0 Å². The van der Waals surface area contributed by atoms with Gasteiger partial charge in [0.1, 0.15) is 5.60 Å². The summed E-state index contributed by atoms with van der Waals surface area (Å²) >= 11 is 0. The molecule has 2 aliphatic rings. The fraction of sp³-hybridized carbons (Fsp3) is 0.565. The number of benzene rings is 1. The highest BCUT2D eigenvalue weighted by molar-refractivity contribution is 5.42. The summed E-state index contributed by atoms with van der Waals surface area (Å²) in [5, 5.41) is 30.9. The first-order chi connectivity index (χ1) is 12.6. The number of rotatable bonds is 8. The fourth-order valence-corrected chi connectivity index (χ4v) is 4.52. The Labute approximate surface area is 157 Å². The molecule has 0 radical (unpaired) electrons. The van der Waals surface area contributed by atoms with Crippen molar-refractivity contribution in [3.63, 3.8) is 0 Å². The lowest BCUT2D eigenvalue weighted by Crippen LogP contribution is -2.34. The van der Waals surface area contributed by atoms with Crippen LogP contribution in [-0.4, -0.2) is 33.6 Å². The molecule has 2 aliphatic carbocycles. The molecule has 3 rings (SSSR count). The van der Waals surface area contributed by atoms with Crippen molar-refractivity contribution in [2.75, 3.05) is 6.61 Å². The zero-order chi connectivity index (χ0) is 18.4. The van der Waals surface area contributed by atoms with Crippen LogP contribution in [0.25, 0.3) is 0 Å². The lowest BCUT2D eigenvalue weighted by Gasteiger charge is -2.30. The highest BCUT2D eigenvalue weighted by atomic mass is 16.3. The van der Waals surface area contributed by atoms with Crippen molar-refractivity contribution in [2.45, 2.75) is 69.0 Å². The van der Waals surface area contributed by atoms with Crippen LogP contribution >= 0.6 is 0 Å². The second-order valence-electron chi connectivity index (χ2n) is 7.88. The number of aryl methyl sites for hydroxylation is 1. The third kappa shape index (κ3) is 4.46. The van der Waals surface area contributed by atoms with E-state index in [4.69, 9.17) is 5.11 Å². The van der Waals surface area contributed by atoms with Gasteiger partial charge >= 0.3 is 0 Å². The Balaban J connectivity index is 1.77. The lowest BCUT2D eigenvalue weighted by atomic mass is 9.79. The SMILES string of the molecule is OCCCCc1ccccc1[C@H]1[C@H](O)C=C[C@]1(O)/C=C/CC1CCCC1. The Morgan fingerprint density at radius 3 is 2.65 bits per heavy atom. The van der Waals surface area contributed by atoms with Gasteiger partial charge in [0.05, 0.1) is 6.10 Å². The van der Waals surface area contributed by atoms with Crippen LogP contribution < -0.4 is 0 Å². The van der Waals surface area contributed by atoms with Gasteiger partial charge in [-0.2, -0.15) is 0 Å². The van der Waals surface area contributed by atoms with Gasteiger partial charge < -0.3 is 15.3 Å². The van der Waals surface area contributed by atoms with Crippen LogP contribution in [0.15, 0.2) is 48.6 Å². The molecule has 0 unspecified atom stereocenters. The largest absolute Gasteiger partial charge is 0.396 e. The molecule has 0 aliphatic heterocycles. The molecule has 0 amide bonds. The van der Waals surface area contributed by atoms with Gasteiger partial charge in [0.15, 0.2) is 0 Å². The summed E-state index contributed by atoms with van der Waals surface area (Å²) in [5.74, 6) is 0.377. The van der Waals surface area contributed by atoms with Crippen LogP contribution in [0.4, 0.5) is 0 Å². The van der Waals surface area contributed by atoms with Crippen LogP contribution in [-0.2, 0) is 6.42 Å². The molecule has 0 aromatic heterocycles. The van der Waals surface area contributed by atoms with Gasteiger partial charge in [0.25, 0.3) is 0 Å². The maximum atomic E-state index is 11.3. The first kappa shape index (κ1) is 19.3. The third-order valence-electron chi connectivity index (χ3n) is 5.97. The molecule has 1 fully saturated rings. The summed E-state index contributed by atoms with van der Waals surface area (Å²) in [6, 6.07) is 8.06. The molecule has 3 nitrogen and oxygen atoms in total. The third-order valence-corrected chi connectivity index (χ3v) is 5.97. The summed E-state index contributed by atoms with van der Waals surface area (Å²) in [6.45, 7) is 0.198. The molecule has 26 heavy (non-hydrogen) atoms. The Kier molecular flexibility index (Phi) is 6.68. The summed E-state index contributed by atoms with van der Waals surface area (Å²) in [6.07, 6.45) is 15.5. The predicted octanol–water partition coefficient (Wildman–Crippen LogP) is 3.88. The normalized spacial score (nSPS) is 29.2. The number of allylic oxidation sites excluding steroid dienone is 1. The van der Waals surface area contributed by atoms with Crippen LogP contribution in [0.3, 0.4) is 0 Å². The minimum Gasteiger partial charge on any atom is -0.396 e. The molecular weight excluding hydrogens is 324 g/mol. The van der Waals surface area contributed by atoms with E-state index in [0.29, 0.717) is 0 Å². The minimum absolute atomic E-state index is 0.198. The number of unbranched alkanes of at least 4 members (excludes halogenated alkanes) is 1. The van der Waals surface area contributed by atoms with Crippen molar-refractivity contribution in [3.05, 3.63) is 59.7 Å². The van der Waals surface area contributed by atoms with E-state index in [1.807, 2.05) is 24.3 Å². The molecule has 3 N–H and O–H groups in total. The molecular formula is C23H32O3. The second kappa shape index (κ2) is 8.98. The quantitative estimate of drug-likeness (QED) is 0.489. The van der Waals surface area contributed by atoms with E-state index in [-0.39, 0.29) is 12.5 Å². The first-order valence-electron chi connectivity index (χ1n) is 10.1. The summed E-state index contributed by atoms with van der Waals surface area (Å²) in [7, 11) is 0. The van der Waals surface area contributed by atoms with Crippen molar-refractivity contribution < 1.29 is 15.3 Å². The number of hydrogen-bond acceptors (Lipinski definition) is 3. The summed E-state index contributed by atoms with van der Waals surface area (Å²) in [5.41, 5.74) is 1.03. The highest BCUT2D eigenvalue weighted by Gasteiger charge is 2.42. The Morgan fingerprint density at radius 2 is 1.88 bits per heavy atom. The van der Waals surface area contributed by atoms with Gasteiger partial charge in [-0.1, -0.05) is 68.2 Å². The molecule has 0 spiro atoms. The number of aliphatic hydroxyl groups is 3. The van der Waals surface area contributed by atoms with Gasteiger partial charge in [-0.05, 0) is 48.8 Å². The Hall–Kier alpha value is -1.42. The average Bonchev–Trinajstić information content (AvgIpc) is 3.25. The van der Waals surface area contributed by atoms with E-state index in [0.717, 1.165) is 42.7 Å². The highest BCUT2D eigenvalue weighted by Crippen LogP contribution is 2.41. The van der Waals surface area contributed by atoms with Crippen molar-refractivity contribution in [1.29, 1.82) is 0 Å². The fourth-order valence-electron chi connectivity index (χ4n) is 4.52. The van der Waals surface area contributed by atoms with Gasteiger partial charge in [-0.3, -0.25) is 0 Å². The van der Waals surface area contributed by atoms with Crippen LogP contribution in [0.2, 0.25) is 0 Å².